The average Bonchev–Trinajstić information content (AvgIpc) is 3.24. The smallest absolute Gasteiger partial charge is 0.306 e. The number of carbonyl (C=O) groups is 3. The molecule has 2 unspecified atom stereocenters. The SMILES string of the molecule is O=C(O)C1CC2CCCC(C1)N2C(=O)c1cc2n(n1)CCN(C(=O)CCc1cc(Cl)cc(Cl)c1)C2. The molecule has 0 radical (unpaired) electrons. The van der Waals surface area contributed by atoms with E-state index in [2.05, 4.69) is 5.10 Å². The highest BCUT2D eigenvalue weighted by molar-refractivity contribution is 6.34. The molecule has 2 bridgehead atoms. The molecule has 1 aromatic heterocycles. The van der Waals surface area contributed by atoms with Gasteiger partial charge >= 0.3 is 5.97 Å². The van der Waals surface area contributed by atoms with E-state index in [1.807, 2.05) is 21.7 Å². The lowest BCUT2D eigenvalue weighted by Crippen LogP contribution is -2.55. The number of aromatic nitrogens is 2. The van der Waals surface area contributed by atoms with E-state index in [9.17, 15) is 19.5 Å². The van der Waals surface area contributed by atoms with E-state index in [0.717, 1.165) is 30.5 Å². The number of aryl methyl sites for hydroxylation is 1. The zero-order chi connectivity index (χ0) is 24.7. The Balaban J connectivity index is 1.24. The van der Waals surface area contributed by atoms with Gasteiger partial charge in [0.1, 0.15) is 0 Å². The van der Waals surface area contributed by atoms with Crippen LogP contribution in [0.2, 0.25) is 10.0 Å². The molecule has 0 spiro atoms. The number of carboxylic acids is 1. The summed E-state index contributed by atoms with van der Waals surface area (Å²) >= 11 is 12.1. The molecule has 3 aliphatic rings. The predicted molar refractivity (Wildman–Crippen MR) is 130 cm³/mol. The van der Waals surface area contributed by atoms with E-state index in [4.69, 9.17) is 23.2 Å². The number of piperidine rings is 2. The number of aliphatic carboxylic acids is 1. The van der Waals surface area contributed by atoms with Crippen LogP contribution in [0.25, 0.3) is 0 Å². The topological polar surface area (TPSA) is 95.7 Å². The lowest BCUT2D eigenvalue weighted by Gasteiger charge is -2.47. The van der Waals surface area contributed by atoms with Gasteiger partial charge in [0.25, 0.3) is 5.91 Å². The third kappa shape index (κ3) is 5.05. The van der Waals surface area contributed by atoms with Crippen LogP contribution in [0.5, 0.6) is 0 Å². The molecular weight excluding hydrogens is 491 g/mol. The van der Waals surface area contributed by atoms with Crippen molar-refractivity contribution in [2.24, 2.45) is 5.92 Å². The van der Waals surface area contributed by atoms with Crippen molar-refractivity contribution >= 4 is 41.0 Å². The lowest BCUT2D eigenvalue weighted by molar-refractivity contribution is -0.145. The summed E-state index contributed by atoms with van der Waals surface area (Å²) < 4.78 is 1.81. The Morgan fingerprint density at radius 3 is 2.34 bits per heavy atom. The number of fused-ring (bicyclic) bond motifs is 3. The molecule has 2 atom stereocenters. The van der Waals surface area contributed by atoms with Gasteiger partial charge in [-0.3, -0.25) is 19.1 Å². The first kappa shape index (κ1) is 24.1. The van der Waals surface area contributed by atoms with Crippen LogP contribution >= 0.6 is 23.2 Å². The number of rotatable bonds is 5. The van der Waals surface area contributed by atoms with Crippen molar-refractivity contribution in [3.05, 3.63) is 51.3 Å². The molecule has 10 heteroatoms. The van der Waals surface area contributed by atoms with Gasteiger partial charge in [0.05, 0.1) is 24.7 Å². The van der Waals surface area contributed by atoms with E-state index in [-0.39, 0.29) is 29.8 Å². The van der Waals surface area contributed by atoms with Crippen LogP contribution in [0.1, 0.15) is 60.3 Å². The Bertz CT molecular complexity index is 1130. The molecule has 0 aliphatic carbocycles. The first-order valence-corrected chi connectivity index (χ1v) is 12.9. The van der Waals surface area contributed by atoms with E-state index in [0.29, 0.717) is 61.1 Å². The second-order valence-electron chi connectivity index (χ2n) is 9.79. The van der Waals surface area contributed by atoms with Crippen molar-refractivity contribution in [1.29, 1.82) is 0 Å². The minimum absolute atomic E-state index is 0.0340. The van der Waals surface area contributed by atoms with Crippen molar-refractivity contribution in [2.75, 3.05) is 6.54 Å². The first-order chi connectivity index (χ1) is 16.8. The molecule has 2 saturated heterocycles. The molecule has 1 aromatic carbocycles. The van der Waals surface area contributed by atoms with Gasteiger partial charge in [0.2, 0.25) is 5.91 Å². The number of nitrogens with zero attached hydrogens (tertiary/aromatic N) is 4. The molecule has 8 nitrogen and oxygen atoms in total. The fraction of sp³-hybridized carbons (Fsp3) is 0.520. The second kappa shape index (κ2) is 9.82. The van der Waals surface area contributed by atoms with Crippen molar-refractivity contribution in [2.45, 2.75) is 70.1 Å². The molecule has 5 rings (SSSR count). The largest absolute Gasteiger partial charge is 0.481 e. The molecule has 3 aliphatic heterocycles. The summed E-state index contributed by atoms with van der Waals surface area (Å²) in [5, 5.41) is 15.1. The van der Waals surface area contributed by atoms with Crippen molar-refractivity contribution in [3.8, 4) is 0 Å². The monoisotopic (exact) mass is 518 g/mol. The molecule has 1 N–H and O–H groups in total. The Kier molecular flexibility index (Phi) is 6.77. The zero-order valence-corrected chi connectivity index (χ0v) is 20.8. The van der Waals surface area contributed by atoms with Crippen molar-refractivity contribution < 1.29 is 19.5 Å². The van der Waals surface area contributed by atoms with Crippen LogP contribution in [0.4, 0.5) is 0 Å². The van der Waals surface area contributed by atoms with Gasteiger partial charge in [-0.05, 0) is 68.4 Å². The highest BCUT2D eigenvalue weighted by Gasteiger charge is 2.44. The Morgan fingerprint density at radius 1 is 1.00 bits per heavy atom. The van der Waals surface area contributed by atoms with E-state index >= 15 is 0 Å². The maximum absolute atomic E-state index is 13.4. The van der Waals surface area contributed by atoms with E-state index < -0.39 is 5.97 Å². The lowest BCUT2D eigenvalue weighted by atomic mass is 9.78. The van der Waals surface area contributed by atoms with E-state index in [1.165, 1.54) is 0 Å². The number of carbonyl (C=O) groups excluding carboxylic acids is 2. The maximum Gasteiger partial charge on any atom is 0.306 e. The fourth-order valence-corrected chi connectivity index (χ4v) is 6.37. The molecule has 0 saturated carbocycles. The number of benzene rings is 1. The standard InChI is InChI=1S/C25H28Cl2N4O4/c26-17-8-15(9-18(27)12-17)4-5-23(32)29-6-7-30-21(14-29)13-22(28-30)24(33)31-19-2-1-3-20(31)11-16(10-19)25(34)35/h8-9,12-13,16,19-20H,1-7,10-11,14H2,(H,34,35). The van der Waals surface area contributed by atoms with Crippen LogP contribution in [-0.4, -0.2) is 61.1 Å². The van der Waals surface area contributed by atoms with Crippen molar-refractivity contribution in [3.63, 3.8) is 0 Å². The first-order valence-electron chi connectivity index (χ1n) is 12.1. The highest BCUT2D eigenvalue weighted by Crippen LogP contribution is 2.38. The van der Waals surface area contributed by atoms with Crippen molar-refractivity contribution in [1.82, 2.24) is 19.6 Å². The summed E-state index contributed by atoms with van der Waals surface area (Å²) in [5.74, 6) is -1.24. The van der Waals surface area contributed by atoms with Gasteiger partial charge in [-0.15, -0.1) is 0 Å². The third-order valence-corrected chi connectivity index (χ3v) is 7.91. The Hall–Kier alpha value is -2.58. The predicted octanol–water partition coefficient (Wildman–Crippen LogP) is 4.02. The molecule has 4 heterocycles. The summed E-state index contributed by atoms with van der Waals surface area (Å²) in [7, 11) is 0. The molecular formula is C25H28Cl2N4O4. The normalized spacial score (nSPS) is 23.7. The number of halogens is 2. The summed E-state index contributed by atoms with van der Waals surface area (Å²) in [6.07, 6.45) is 4.59. The van der Waals surface area contributed by atoms with Gasteiger partial charge in [-0.1, -0.05) is 23.2 Å². The van der Waals surface area contributed by atoms with Crippen LogP contribution in [0, 0.1) is 5.92 Å². The third-order valence-electron chi connectivity index (χ3n) is 7.48. The molecule has 2 amide bonds. The fourth-order valence-electron chi connectivity index (χ4n) is 5.80. The van der Waals surface area contributed by atoms with Gasteiger partial charge in [-0.2, -0.15) is 5.10 Å². The maximum atomic E-state index is 13.4. The van der Waals surface area contributed by atoms with Crippen LogP contribution in [-0.2, 0) is 29.1 Å². The van der Waals surface area contributed by atoms with Gasteiger partial charge in [0.15, 0.2) is 5.69 Å². The summed E-state index contributed by atoms with van der Waals surface area (Å²) in [4.78, 5) is 41.5. The average molecular weight is 519 g/mol. The van der Waals surface area contributed by atoms with Crippen LogP contribution in [0.15, 0.2) is 24.3 Å². The van der Waals surface area contributed by atoms with Gasteiger partial charge in [0, 0.05) is 35.1 Å². The molecule has 186 valence electrons. The van der Waals surface area contributed by atoms with Crippen LogP contribution in [0.3, 0.4) is 0 Å². The summed E-state index contributed by atoms with van der Waals surface area (Å²) in [6, 6.07) is 7.00. The van der Waals surface area contributed by atoms with Gasteiger partial charge < -0.3 is 14.9 Å². The Labute approximate surface area is 213 Å². The minimum Gasteiger partial charge on any atom is -0.481 e. The molecule has 35 heavy (non-hydrogen) atoms. The highest BCUT2D eigenvalue weighted by atomic mass is 35.5. The number of hydrogen-bond acceptors (Lipinski definition) is 4. The zero-order valence-electron chi connectivity index (χ0n) is 19.3. The second-order valence-corrected chi connectivity index (χ2v) is 10.7. The van der Waals surface area contributed by atoms with Crippen LogP contribution < -0.4 is 0 Å². The Morgan fingerprint density at radius 2 is 1.69 bits per heavy atom. The summed E-state index contributed by atoms with van der Waals surface area (Å²) in [5.41, 5.74) is 2.14. The molecule has 2 aromatic rings. The van der Waals surface area contributed by atoms with Gasteiger partial charge in [-0.25, -0.2) is 0 Å². The van der Waals surface area contributed by atoms with E-state index in [1.54, 1.807) is 17.0 Å². The molecule has 2 fully saturated rings. The summed E-state index contributed by atoms with van der Waals surface area (Å²) in [6.45, 7) is 1.47. The number of hydrogen-bond donors (Lipinski definition) is 1. The number of carboxylic acid groups (broad SMARTS) is 1. The quantitative estimate of drug-likeness (QED) is 0.644. The minimum atomic E-state index is -0.769. The number of amides is 2.